The van der Waals surface area contributed by atoms with E-state index in [4.69, 9.17) is 16.3 Å². The Hall–Kier alpha value is -1.29. The number of halogens is 2. The van der Waals surface area contributed by atoms with Gasteiger partial charge in [0, 0.05) is 18.7 Å². The smallest absolute Gasteiger partial charge is 0.167 e. The Morgan fingerprint density at radius 1 is 1.38 bits per heavy atom. The molecule has 1 aromatic carbocycles. The molecule has 1 aromatic heterocycles. The van der Waals surface area contributed by atoms with E-state index in [2.05, 4.69) is 37.2 Å². The van der Waals surface area contributed by atoms with Gasteiger partial charge in [0.05, 0.1) is 24.0 Å². The van der Waals surface area contributed by atoms with Crippen molar-refractivity contribution < 1.29 is 9.13 Å². The number of methoxy groups -OCH3 is 1. The van der Waals surface area contributed by atoms with Crippen LogP contribution in [-0.4, -0.2) is 16.7 Å². The predicted molar refractivity (Wildman–Crippen MR) is 84.4 cm³/mol. The molecule has 5 heteroatoms. The zero-order chi connectivity index (χ0) is 15.8. The molecule has 0 aliphatic heterocycles. The molecule has 3 nitrogen and oxygen atoms in total. The summed E-state index contributed by atoms with van der Waals surface area (Å²) in [4.78, 5) is 4.44. The number of ether oxygens (including phenoxy) is 1. The molecule has 0 radical (unpaired) electrons. The summed E-state index contributed by atoms with van der Waals surface area (Å²) in [5.74, 6) is 1.31. The molecule has 0 N–H and O–H groups in total. The van der Waals surface area contributed by atoms with Crippen molar-refractivity contribution in [3.8, 4) is 5.75 Å². The highest BCUT2D eigenvalue weighted by atomic mass is 35.5. The predicted octanol–water partition coefficient (Wildman–Crippen LogP) is 4.61. The maximum atomic E-state index is 13.8. The van der Waals surface area contributed by atoms with Gasteiger partial charge >= 0.3 is 0 Å². The molecule has 1 atom stereocenters. The highest BCUT2D eigenvalue weighted by Crippen LogP contribution is 2.31. The number of rotatable bonds is 4. The van der Waals surface area contributed by atoms with Gasteiger partial charge in [-0.1, -0.05) is 27.7 Å². The molecule has 21 heavy (non-hydrogen) atoms. The first-order valence-corrected chi connectivity index (χ1v) is 7.60. The fourth-order valence-corrected chi connectivity index (χ4v) is 2.39. The number of imidazole rings is 1. The van der Waals surface area contributed by atoms with Crippen molar-refractivity contribution in [2.75, 3.05) is 7.11 Å². The Morgan fingerprint density at radius 2 is 2.05 bits per heavy atom. The zero-order valence-corrected chi connectivity index (χ0v) is 14.0. The molecular formula is C16H22ClFN2O. The third-order valence-electron chi connectivity index (χ3n) is 4.16. The first-order valence-electron chi connectivity index (χ1n) is 7.06. The van der Waals surface area contributed by atoms with Gasteiger partial charge in [-0.3, -0.25) is 0 Å². The summed E-state index contributed by atoms with van der Waals surface area (Å²) in [6, 6.07) is 3.10. The lowest BCUT2D eigenvalue weighted by molar-refractivity contribution is 0.233. The molecule has 2 rings (SSSR count). The van der Waals surface area contributed by atoms with Gasteiger partial charge in [-0.25, -0.2) is 9.37 Å². The molecule has 0 fully saturated rings. The standard InChI is InChI=1S/C16H22ClFN2O/c1-10(16(2,3)4)9-20-13-7-14(21-5)11(18)6-12(13)19-15(20)8-17/h6-7,10H,8-9H2,1-5H3. The van der Waals surface area contributed by atoms with Crippen LogP contribution in [0.15, 0.2) is 12.1 Å². The molecule has 0 aliphatic carbocycles. The van der Waals surface area contributed by atoms with Crippen LogP contribution in [0, 0.1) is 17.2 Å². The fourth-order valence-electron chi connectivity index (χ4n) is 2.19. The maximum Gasteiger partial charge on any atom is 0.167 e. The summed E-state index contributed by atoms with van der Waals surface area (Å²) in [6.07, 6.45) is 0. The number of hydrogen-bond acceptors (Lipinski definition) is 2. The van der Waals surface area contributed by atoms with E-state index in [9.17, 15) is 4.39 Å². The van der Waals surface area contributed by atoms with Crippen molar-refractivity contribution in [2.45, 2.75) is 40.1 Å². The van der Waals surface area contributed by atoms with Gasteiger partial charge in [-0.05, 0) is 11.3 Å². The van der Waals surface area contributed by atoms with Crippen LogP contribution in [-0.2, 0) is 12.4 Å². The largest absolute Gasteiger partial charge is 0.494 e. The maximum absolute atomic E-state index is 13.8. The third-order valence-corrected chi connectivity index (χ3v) is 4.39. The highest BCUT2D eigenvalue weighted by Gasteiger charge is 2.23. The van der Waals surface area contributed by atoms with Crippen LogP contribution >= 0.6 is 11.6 Å². The zero-order valence-electron chi connectivity index (χ0n) is 13.2. The van der Waals surface area contributed by atoms with Gasteiger partial charge in [0.25, 0.3) is 0 Å². The fraction of sp³-hybridized carbons (Fsp3) is 0.562. The summed E-state index contributed by atoms with van der Waals surface area (Å²) in [5.41, 5.74) is 1.65. The summed E-state index contributed by atoms with van der Waals surface area (Å²) in [6.45, 7) is 9.60. The first kappa shape index (κ1) is 16.1. The SMILES string of the molecule is COc1cc2c(cc1F)nc(CCl)n2CC(C)C(C)(C)C. The third kappa shape index (κ3) is 3.15. The van der Waals surface area contributed by atoms with E-state index in [0.717, 1.165) is 17.9 Å². The molecule has 0 saturated heterocycles. The molecule has 116 valence electrons. The van der Waals surface area contributed by atoms with Gasteiger partial charge in [0.15, 0.2) is 11.6 Å². The van der Waals surface area contributed by atoms with Gasteiger partial charge in [-0.2, -0.15) is 0 Å². The molecule has 0 spiro atoms. The van der Waals surface area contributed by atoms with E-state index >= 15 is 0 Å². The second-order valence-corrected chi connectivity index (χ2v) is 6.78. The van der Waals surface area contributed by atoms with E-state index in [1.807, 2.05) is 0 Å². The normalized spacial score (nSPS) is 13.7. The molecule has 0 amide bonds. The Kier molecular flexibility index (Phi) is 4.47. The minimum atomic E-state index is -0.403. The second kappa shape index (κ2) is 5.84. The van der Waals surface area contributed by atoms with E-state index in [-0.39, 0.29) is 11.2 Å². The molecule has 1 heterocycles. The van der Waals surface area contributed by atoms with Crippen LogP contribution in [0.3, 0.4) is 0 Å². The Labute approximate surface area is 130 Å². The lowest BCUT2D eigenvalue weighted by atomic mass is 9.82. The average molecular weight is 313 g/mol. The van der Waals surface area contributed by atoms with Crippen LogP contribution < -0.4 is 4.74 Å². The topological polar surface area (TPSA) is 27.1 Å². The van der Waals surface area contributed by atoms with Crippen LogP contribution in [0.5, 0.6) is 5.75 Å². The quantitative estimate of drug-likeness (QED) is 0.771. The van der Waals surface area contributed by atoms with E-state index in [1.54, 1.807) is 6.07 Å². The first-order chi connectivity index (χ1) is 9.77. The Balaban J connectivity index is 2.55. The number of hydrogen-bond donors (Lipinski definition) is 0. The molecule has 0 aliphatic rings. The highest BCUT2D eigenvalue weighted by molar-refractivity contribution is 6.16. The number of nitrogens with zero attached hydrogens (tertiary/aromatic N) is 2. The van der Waals surface area contributed by atoms with Crippen LogP contribution in [0.1, 0.15) is 33.5 Å². The van der Waals surface area contributed by atoms with Crippen LogP contribution in [0.2, 0.25) is 0 Å². The van der Waals surface area contributed by atoms with Crippen molar-refractivity contribution in [1.29, 1.82) is 0 Å². The van der Waals surface area contributed by atoms with Crippen LogP contribution in [0.4, 0.5) is 4.39 Å². The summed E-state index contributed by atoms with van der Waals surface area (Å²) in [7, 11) is 1.46. The van der Waals surface area contributed by atoms with Gasteiger partial charge in [-0.15, -0.1) is 11.6 Å². The molecule has 0 saturated carbocycles. The Bertz CT molecular complexity index is 646. The lowest BCUT2D eigenvalue weighted by Crippen LogP contribution is -2.23. The number of benzene rings is 1. The van der Waals surface area contributed by atoms with Crippen LogP contribution in [0.25, 0.3) is 11.0 Å². The summed E-state index contributed by atoms with van der Waals surface area (Å²) in [5, 5.41) is 0. The van der Waals surface area contributed by atoms with Crippen molar-refractivity contribution in [1.82, 2.24) is 9.55 Å². The molecule has 2 aromatic rings. The number of alkyl halides is 1. The number of fused-ring (bicyclic) bond motifs is 1. The second-order valence-electron chi connectivity index (χ2n) is 6.51. The summed E-state index contributed by atoms with van der Waals surface area (Å²) < 4.78 is 21.0. The van der Waals surface area contributed by atoms with Gasteiger partial charge < -0.3 is 9.30 Å². The average Bonchev–Trinajstić information content (AvgIpc) is 2.73. The van der Waals surface area contributed by atoms with Crippen molar-refractivity contribution in [2.24, 2.45) is 11.3 Å². The van der Waals surface area contributed by atoms with E-state index in [0.29, 0.717) is 17.3 Å². The summed E-state index contributed by atoms with van der Waals surface area (Å²) >= 11 is 6.01. The molecule has 0 bridgehead atoms. The monoisotopic (exact) mass is 312 g/mol. The van der Waals surface area contributed by atoms with E-state index in [1.165, 1.54) is 13.2 Å². The molecular weight excluding hydrogens is 291 g/mol. The minimum absolute atomic E-state index is 0.171. The lowest BCUT2D eigenvalue weighted by Gasteiger charge is -2.28. The minimum Gasteiger partial charge on any atom is -0.494 e. The Morgan fingerprint density at radius 3 is 2.57 bits per heavy atom. The van der Waals surface area contributed by atoms with Crippen molar-refractivity contribution >= 4 is 22.6 Å². The van der Waals surface area contributed by atoms with E-state index < -0.39 is 5.82 Å². The molecule has 1 unspecified atom stereocenters. The number of aromatic nitrogens is 2. The van der Waals surface area contributed by atoms with Gasteiger partial charge in [0.1, 0.15) is 5.82 Å². The van der Waals surface area contributed by atoms with Crippen molar-refractivity contribution in [3.05, 3.63) is 23.8 Å². The van der Waals surface area contributed by atoms with Gasteiger partial charge in [0.2, 0.25) is 0 Å². The van der Waals surface area contributed by atoms with Crippen molar-refractivity contribution in [3.63, 3.8) is 0 Å².